The van der Waals surface area contributed by atoms with Crippen molar-refractivity contribution in [1.82, 2.24) is 19.9 Å². The quantitative estimate of drug-likeness (QED) is 0.385. The van der Waals surface area contributed by atoms with Crippen molar-refractivity contribution in [2.75, 3.05) is 18.7 Å². The third-order valence-corrected chi connectivity index (χ3v) is 3.57. The number of nitrogens with one attached hydrogen (secondary N) is 1. The minimum absolute atomic E-state index is 0. The number of nitrogens with two attached hydrogens (primary N) is 1. The molecule has 1 saturated heterocycles. The van der Waals surface area contributed by atoms with Crippen LogP contribution in [-0.4, -0.2) is 102 Å². The molecule has 0 radical (unpaired) electrons. The van der Waals surface area contributed by atoms with Crippen molar-refractivity contribution in [2.24, 2.45) is 0 Å². The molecule has 0 bridgehead atoms. The number of hydrogen-bond donors (Lipinski definition) is 4. The molecule has 3 rings (SSSR count). The predicted molar refractivity (Wildman–Crippen MR) is 85.3 cm³/mol. The monoisotopic (exact) mass is 363 g/mol. The SMILES string of the molecule is Nc1nc([C@@]2(OCP(=O)(O)O)CCCO2)nc2nc[nH]c12.[NaH].[NaH]. The Morgan fingerprint density at radius 1 is 1.43 bits per heavy atom. The minimum atomic E-state index is -4.34. The molecule has 118 valence electrons. The van der Waals surface area contributed by atoms with Crippen molar-refractivity contribution in [3.8, 4) is 0 Å². The molecule has 0 aromatic carbocycles. The van der Waals surface area contributed by atoms with Crippen LogP contribution in [0.25, 0.3) is 11.2 Å². The fraction of sp³-hybridized carbons (Fsp3) is 0.500. The van der Waals surface area contributed by atoms with Crippen LogP contribution in [0, 0.1) is 0 Å². The first-order valence-corrected chi connectivity index (χ1v) is 7.99. The van der Waals surface area contributed by atoms with Crippen molar-refractivity contribution < 1.29 is 23.8 Å². The van der Waals surface area contributed by atoms with Gasteiger partial charge in [-0.1, -0.05) is 0 Å². The predicted octanol–water partition coefficient (Wildman–Crippen LogP) is -1.25. The molecule has 1 atom stereocenters. The molecule has 0 unspecified atom stereocenters. The Morgan fingerprint density at radius 2 is 2.17 bits per heavy atom. The number of fused-ring (bicyclic) bond motifs is 1. The molecule has 3 heterocycles. The van der Waals surface area contributed by atoms with Crippen LogP contribution < -0.4 is 5.73 Å². The van der Waals surface area contributed by atoms with Gasteiger partial charge in [0.15, 0.2) is 23.6 Å². The molecule has 13 heteroatoms. The zero-order chi connectivity index (χ0) is 15.1. The normalized spacial score (nSPS) is 21.0. The second-order valence-corrected chi connectivity index (χ2v) is 6.26. The van der Waals surface area contributed by atoms with E-state index in [0.29, 0.717) is 30.6 Å². The van der Waals surface area contributed by atoms with Crippen molar-refractivity contribution in [3.05, 3.63) is 12.2 Å². The standard InChI is InChI=1S/C10H14N5O5P.2Na.2H/c11-7-6-8(13-4-12-6)15-9(14-7)10(2-1-3-19-10)20-5-21(16,17)18;;;;/h4H,1-3,5H2,(H2,16,17,18)(H3,11,12,13,14,15);;;;/t10-;;;;/m0..../s1. The van der Waals surface area contributed by atoms with Gasteiger partial charge in [0, 0.05) is 6.42 Å². The van der Waals surface area contributed by atoms with Gasteiger partial charge in [0.25, 0.3) is 0 Å². The maximum absolute atomic E-state index is 11.0. The average Bonchev–Trinajstić information content (AvgIpc) is 3.05. The Kier molecular flexibility index (Phi) is 7.65. The number of aromatic amines is 1. The van der Waals surface area contributed by atoms with E-state index in [4.69, 9.17) is 25.0 Å². The van der Waals surface area contributed by atoms with E-state index in [1.807, 2.05) is 0 Å². The number of H-pyrrole nitrogens is 1. The summed E-state index contributed by atoms with van der Waals surface area (Å²) in [4.78, 5) is 33.1. The zero-order valence-electron chi connectivity index (χ0n) is 10.9. The molecule has 2 aromatic heterocycles. The molecular weight excluding hydrogens is 347 g/mol. The van der Waals surface area contributed by atoms with Gasteiger partial charge in [-0.3, -0.25) is 4.57 Å². The van der Waals surface area contributed by atoms with E-state index in [2.05, 4.69) is 19.9 Å². The molecule has 2 aromatic rings. The van der Waals surface area contributed by atoms with E-state index >= 15 is 0 Å². The molecule has 23 heavy (non-hydrogen) atoms. The maximum atomic E-state index is 11.0. The van der Waals surface area contributed by atoms with Crippen LogP contribution in [0.3, 0.4) is 0 Å². The summed E-state index contributed by atoms with van der Waals surface area (Å²) in [6.07, 6.45) is 1.68. The van der Waals surface area contributed by atoms with Crippen LogP contribution in [-0.2, 0) is 19.8 Å². The van der Waals surface area contributed by atoms with Gasteiger partial charge in [-0.25, -0.2) is 15.0 Å². The van der Waals surface area contributed by atoms with E-state index in [9.17, 15) is 4.57 Å². The molecule has 0 spiro atoms. The van der Waals surface area contributed by atoms with Crippen LogP contribution in [0.15, 0.2) is 6.33 Å². The van der Waals surface area contributed by atoms with E-state index < -0.39 is 19.7 Å². The number of rotatable bonds is 4. The summed E-state index contributed by atoms with van der Waals surface area (Å²) in [5.74, 6) is -1.12. The van der Waals surface area contributed by atoms with Crippen LogP contribution >= 0.6 is 7.60 Å². The van der Waals surface area contributed by atoms with Gasteiger partial charge >= 0.3 is 66.7 Å². The summed E-state index contributed by atoms with van der Waals surface area (Å²) in [6, 6.07) is 0. The van der Waals surface area contributed by atoms with Crippen LogP contribution in [0.4, 0.5) is 5.82 Å². The summed E-state index contributed by atoms with van der Waals surface area (Å²) in [7, 11) is -4.34. The third-order valence-electron chi connectivity index (χ3n) is 3.11. The molecule has 1 aliphatic rings. The second kappa shape index (κ2) is 8.20. The van der Waals surface area contributed by atoms with Gasteiger partial charge < -0.3 is 30.0 Å². The molecule has 0 amide bonds. The summed E-state index contributed by atoms with van der Waals surface area (Å²) < 4.78 is 21.9. The molecular formula is C10H16N5Na2O5P. The summed E-state index contributed by atoms with van der Waals surface area (Å²) >= 11 is 0. The Morgan fingerprint density at radius 3 is 2.78 bits per heavy atom. The summed E-state index contributed by atoms with van der Waals surface area (Å²) in [6.45, 7) is 0.378. The van der Waals surface area contributed by atoms with Crippen molar-refractivity contribution >= 4 is 83.7 Å². The number of nitrogen functional groups attached to an aromatic ring is 1. The van der Waals surface area contributed by atoms with Crippen molar-refractivity contribution in [2.45, 2.75) is 18.6 Å². The first kappa shape index (κ1) is 21.5. The van der Waals surface area contributed by atoms with Crippen molar-refractivity contribution in [1.29, 1.82) is 0 Å². The third kappa shape index (κ3) is 4.74. The fourth-order valence-electron chi connectivity index (χ4n) is 2.18. The number of hydrogen-bond acceptors (Lipinski definition) is 7. The van der Waals surface area contributed by atoms with Gasteiger partial charge in [-0.15, -0.1) is 0 Å². The van der Waals surface area contributed by atoms with Gasteiger partial charge in [0.2, 0.25) is 5.79 Å². The number of anilines is 1. The number of nitrogens with zero attached hydrogens (tertiary/aromatic N) is 3. The van der Waals surface area contributed by atoms with E-state index in [1.165, 1.54) is 6.33 Å². The van der Waals surface area contributed by atoms with E-state index in [1.54, 1.807) is 0 Å². The van der Waals surface area contributed by atoms with E-state index in [0.717, 1.165) is 0 Å². The van der Waals surface area contributed by atoms with Crippen LogP contribution in [0.2, 0.25) is 0 Å². The van der Waals surface area contributed by atoms with E-state index in [-0.39, 0.29) is 70.8 Å². The molecule has 0 saturated carbocycles. The number of aromatic nitrogens is 4. The summed E-state index contributed by atoms with van der Waals surface area (Å²) in [5, 5.41) is 0. The molecule has 1 fully saturated rings. The van der Waals surface area contributed by atoms with Gasteiger partial charge in [-0.2, -0.15) is 0 Å². The molecule has 10 nitrogen and oxygen atoms in total. The van der Waals surface area contributed by atoms with Crippen LogP contribution in [0.5, 0.6) is 0 Å². The number of imidazole rings is 1. The average molecular weight is 363 g/mol. The van der Waals surface area contributed by atoms with Crippen molar-refractivity contribution in [3.63, 3.8) is 0 Å². The summed E-state index contributed by atoms with van der Waals surface area (Å²) in [5.41, 5.74) is 6.65. The Labute approximate surface area is 175 Å². The Bertz CT molecular complexity index is 717. The van der Waals surface area contributed by atoms with Gasteiger partial charge in [0.1, 0.15) is 5.52 Å². The van der Waals surface area contributed by atoms with Gasteiger partial charge in [-0.05, 0) is 6.42 Å². The number of ether oxygens (including phenoxy) is 2. The first-order chi connectivity index (χ1) is 9.90. The fourth-order valence-corrected chi connectivity index (χ4v) is 2.56. The van der Waals surface area contributed by atoms with Gasteiger partial charge in [0.05, 0.1) is 12.9 Å². The Hall–Kier alpha value is 0.420. The zero-order valence-corrected chi connectivity index (χ0v) is 11.8. The van der Waals surface area contributed by atoms with Crippen LogP contribution in [0.1, 0.15) is 18.7 Å². The Balaban J connectivity index is 0.00000132. The molecule has 1 aliphatic heterocycles. The first-order valence-electron chi connectivity index (χ1n) is 6.19. The second-order valence-electron chi connectivity index (χ2n) is 4.68. The molecule has 5 N–H and O–H groups in total. The topological polar surface area (TPSA) is 156 Å². The molecule has 0 aliphatic carbocycles.